The molecule has 19 heavy (non-hydrogen) atoms. The van der Waals surface area contributed by atoms with Crippen LogP contribution in [-0.2, 0) is 11.3 Å². The maximum absolute atomic E-state index is 11.7. The first kappa shape index (κ1) is 13.2. The Hall–Kier alpha value is -2.22. The summed E-state index contributed by atoms with van der Waals surface area (Å²) < 4.78 is 10.1. The van der Waals surface area contributed by atoms with Gasteiger partial charge in [0.15, 0.2) is 17.4 Å². The number of ether oxygens (including phenoxy) is 1. The van der Waals surface area contributed by atoms with Crippen LogP contribution in [0, 0.1) is 6.92 Å². The fraction of sp³-hybridized carbons (Fsp3) is 0.273. The van der Waals surface area contributed by atoms with Crippen molar-refractivity contribution in [3.05, 3.63) is 35.5 Å². The van der Waals surface area contributed by atoms with Crippen LogP contribution in [0.3, 0.4) is 0 Å². The summed E-state index contributed by atoms with van der Waals surface area (Å²) in [5.74, 6) is 0.153. The summed E-state index contributed by atoms with van der Waals surface area (Å²) in [6.45, 7) is 5.77. The SMILES string of the molecule is C=CCNc1nc(C(=O)OCc2nnc(C)o2)cs1. The van der Waals surface area contributed by atoms with Crippen LogP contribution >= 0.6 is 11.3 Å². The second-order valence-electron chi connectivity index (χ2n) is 3.50. The minimum atomic E-state index is -0.529. The molecule has 8 heteroatoms. The zero-order valence-electron chi connectivity index (χ0n) is 10.3. The number of nitrogens with one attached hydrogen (secondary N) is 1. The monoisotopic (exact) mass is 280 g/mol. The number of esters is 1. The van der Waals surface area contributed by atoms with E-state index in [9.17, 15) is 4.79 Å². The Labute approximate surface area is 113 Å². The quantitative estimate of drug-likeness (QED) is 0.637. The number of hydrogen-bond donors (Lipinski definition) is 1. The summed E-state index contributed by atoms with van der Waals surface area (Å²) in [4.78, 5) is 15.8. The highest BCUT2D eigenvalue weighted by molar-refractivity contribution is 7.13. The van der Waals surface area contributed by atoms with E-state index < -0.39 is 5.97 Å². The predicted molar refractivity (Wildman–Crippen MR) is 69.0 cm³/mol. The molecule has 0 aliphatic heterocycles. The van der Waals surface area contributed by atoms with Crippen LogP contribution in [-0.4, -0.2) is 27.7 Å². The number of anilines is 1. The van der Waals surface area contributed by atoms with Gasteiger partial charge in [-0.25, -0.2) is 9.78 Å². The molecule has 1 N–H and O–H groups in total. The topological polar surface area (TPSA) is 90.1 Å². The number of aromatic nitrogens is 3. The Morgan fingerprint density at radius 2 is 2.47 bits per heavy atom. The molecule has 0 aliphatic carbocycles. The lowest BCUT2D eigenvalue weighted by Gasteiger charge is -1.98. The maximum atomic E-state index is 11.7. The molecule has 7 nitrogen and oxygen atoms in total. The molecule has 0 unspecified atom stereocenters. The van der Waals surface area contributed by atoms with Gasteiger partial charge in [0.1, 0.15) is 0 Å². The van der Waals surface area contributed by atoms with Gasteiger partial charge in [-0.3, -0.25) is 0 Å². The number of carbonyl (C=O) groups excluding carboxylic acids is 1. The number of hydrogen-bond acceptors (Lipinski definition) is 8. The Balaban J connectivity index is 1.88. The van der Waals surface area contributed by atoms with E-state index in [1.807, 2.05) is 0 Å². The molecule has 0 atom stereocenters. The van der Waals surface area contributed by atoms with Gasteiger partial charge in [0, 0.05) is 18.8 Å². The minimum absolute atomic E-state index is 0.0629. The smallest absolute Gasteiger partial charge is 0.358 e. The van der Waals surface area contributed by atoms with Gasteiger partial charge in [-0.1, -0.05) is 6.08 Å². The molecule has 0 saturated carbocycles. The molecule has 0 aromatic carbocycles. The summed E-state index contributed by atoms with van der Waals surface area (Å²) >= 11 is 1.32. The Kier molecular flexibility index (Phi) is 4.24. The fourth-order valence-corrected chi connectivity index (χ4v) is 1.90. The van der Waals surface area contributed by atoms with E-state index in [1.165, 1.54) is 11.3 Å². The van der Waals surface area contributed by atoms with E-state index in [1.54, 1.807) is 18.4 Å². The molecule has 0 spiro atoms. The molecule has 0 fully saturated rings. The highest BCUT2D eigenvalue weighted by Gasteiger charge is 2.13. The van der Waals surface area contributed by atoms with Gasteiger partial charge in [0.25, 0.3) is 5.89 Å². The van der Waals surface area contributed by atoms with Gasteiger partial charge in [-0.05, 0) is 0 Å². The summed E-state index contributed by atoms with van der Waals surface area (Å²) in [5.41, 5.74) is 0.243. The van der Waals surface area contributed by atoms with E-state index >= 15 is 0 Å². The van der Waals surface area contributed by atoms with Crippen molar-refractivity contribution in [3.63, 3.8) is 0 Å². The van der Waals surface area contributed by atoms with Crippen LogP contribution in [0.15, 0.2) is 22.5 Å². The largest absolute Gasteiger partial charge is 0.451 e. The van der Waals surface area contributed by atoms with Crippen molar-refractivity contribution in [2.75, 3.05) is 11.9 Å². The van der Waals surface area contributed by atoms with Crippen LogP contribution in [0.4, 0.5) is 5.13 Å². The molecule has 0 radical (unpaired) electrons. The van der Waals surface area contributed by atoms with Crippen LogP contribution in [0.1, 0.15) is 22.3 Å². The lowest BCUT2D eigenvalue weighted by molar-refractivity contribution is 0.0431. The maximum Gasteiger partial charge on any atom is 0.358 e. The van der Waals surface area contributed by atoms with Crippen molar-refractivity contribution in [1.29, 1.82) is 0 Å². The van der Waals surface area contributed by atoms with E-state index in [0.29, 0.717) is 17.6 Å². The second kappa shape index (κ2) is 6.10. The third-order valence-electron chi connectivity index (χ3n) is 2.01. The molecule has 2 heterocycles. The zero-order chi connectivity index (χ0) is 13.7. The van der Waals surface area contributed by atoms with Crippen LogP contribution < -0.4 is 5.32 Å². The summed E-state index contributed by atoms with van der Waals surface area (Å²) in [7, 11) is 0. The van der Waals surface area contributed by atoms with Crippen molar-refractivity contribution >= 4 is 22.4 Å². The highest BCUT2D eigenvalue weighted by atomic mass is 32.1. The molecular weight excluding hydrogens is 268 g/mol. The van der Waals surface area contributed by atoms with E-state index in [-0.39, 0.29) is 18.2 Å². The third kappa shape index (κ3) is 3.62. The summed E-state index contributed by atoms with van der Waals surface area (Å²) in [6.07, 6.45) is 1.71. The van der Waals surface area contributed by atoms with Crippen LogP contribution in [0.25, 0.3) is 0 Å². The Morgan fingerprint density at radius 1 is 1.63 bits per heavy atom. The first-order chi connectivity index (χ1) is 9.19. The zero-order valence-corrected chi connectivity index (χ0v) is 11.1. The van der Waals surface area contributed by atoms with Crippen molar-refractivity contribution in [2.24, 2.45) is 0 Å². The number of thiazole rings is 1. The fourth-order valence-electron chi connectivity index (χ4n) is 1.21. The average molecular weight is 280 g/mol. The number of rotatable bonds is 6. The minimum Gasteiger partial charge on any atom is -0.451 e. The lowest BCUT2D eigenvalue weighted by Crippen LogP contribution is -2.06. The number of nitrogens with zero attached hydrogens (tertiary/aromatic N) is 3. The van der Waals surface area contributed by atoms with Crippen molar-refractivity contribution in [3.8, 4) is 0 Å². The Bertz CT molecular complexity index is 578. The van der Waals surface area contributed by atoms with E-state index in [4.69, 9.17) is 9.15 Å². The molecule has 0 saturated heterocycles. The van der Waals surface area contributed by atoms with E-state index in [2.05, 4.69) is 27.1 Å². The highest BCUT2D eigenvalue weighted by Crippen LogP contribution is 2.16. The number of aryl methyl sites for hydroxylation is 1. The average Bonchev–Trinajstić information content (AvgIpc) is 3.02. The molecular formula is C11H12N4O3S. The van der Waals surface area contributed by atoms with Crippen LogP contribution in [0.2, 0.25) is 0 Å². The normalized spacial score (nSPS) is 10.2. The second-order valence-corrected chi connectivity index (χ2v) is 4.36. The predicted octanol–water partition coefficient (Wildman–Crippen LogP) is 1.79. The van der Waals surface area contributed by atoms with Gasteiger partial charge in [0.05, 0.1) is 0 Å². The van der Waals surface area contributed by atoms with Gasteiger partial charge in [-0.15, -0.1) is 28.1 Å². The molecule has 2 aromatic heterocycles. The molecule has 0 bridgehead atoms. The third-order valence-corrected chi connectivity index (χ3v) is 2.81. The molecule has 2 aromatic rings. The molecule has 0 aliphatic rings. The first-order valence-corrected chi connectivity index (χ1v) is 6.33. The first-order valence-electron chi connectivity index (χ1n) is 5.45. The van der Waals surface area contributed by atoms with Crippen molar-refractivity contribution in [1.82, 2.24) is 15.2 Å². The summed E-state index contributed by atoms with van der Waals surface area (Å²) in [6, 6.07) is 0. The molecule has 0 amide bonds. The van der Waals surface area contributed by atoms with Crippen LogP contribution in [0.5, 0.6) is 0 Å². The summed E-state index contributed by atoms with van der Waals surface area (Å²) in [5, 5.41) is 12.6. The standard InChI is InChI=1S/C11H12N4O3S/c1-3-4-12-11-13-8(6-19-11)10(16)17-5-9-15-14-7(2)18-9/h3,6H,1,4-5H2,2H3,(H,12,13). The van der Waals surface area contributed by atoms with Crippen molar-refractivity contribution < 1.29 is 13.9 Å². The molecule has 2 rings (SSSR count). The van der Waals surface area contributed by atoms with Crippen molar-refractivity contribution in [2.45, 2.75) is 13.5 Å². The number of carbonyl (C=O) groups is 1. The van der Waals surface area contributed by atoms with Gasteiger partial charge in [0.2, 0.25) is 5.89 Å². The van der Waals surface area contributed by atoms with E-state index in [0.717, 1.165) is 0 Å². The van der Waals surface area contributed by atoms with Gasteiger partial charge in [-0.2, -0.15) is 0 Å². The lowest BCUT2D eigenvalue weighted by atomic mass is 10.5. The van der Waals surface area contributed by atoms with Gasteiger partial charge >= 0.3 is 5.97 Å². The van der Waals surface area contributed by atoms with Gasteiger partial charge < -0.3 is 14.5 Å². The molecule has 100 valence electrons. The Morgan fingerprint density at radius 3 is 3.16 bits per heavy atom.